The maximum absolute atomic E-state index is 11.7. The van der Waals surface area contributed by atoms with E-state index < -0.39 is 11.9 Å². The van der Waals surface area contributed by atoms with Crippen molar-refractivity contribution < 1.29 is 14.3 Å². The summed E-state index contributed by atoms with van der Waals surface area (Å²) in [5.41, 5.74) is 2.51. The SMILES string of the molecule is Cc1ccc(OCC(=O)NC(=O)NCCC2=CCCCC2)cc1. The lowest BCUT2D eigenvalue weighted by molar-refractivity contribution is -0.122. The molecule has 1 aliphatic carbocycles. The Kier molecular flexibility index (Phi) is 6.66. The molecule has 3 amide bonds. The first-order valence-corrected chi connectivity index (χ1v) is 8.08. The Morgan fingerprint density at radius 1 is 1.17 bits per heavy atom. The number of amides is 3. The Bertz CT molecular complexity index is 564. The Morgan fingerprint density at radius 2 is 1.96 bits per heavy atom. The Labute approximate surface area is 137 Å². The molecule has 0 bridgehead atoms. The summed E-state index contributed by atoms with van der Waals surface area (Å²) in [5.74, 6) is 0.148. The number of benzene rings is 1. The predicted octanol–water partition coefficient (Wildman–Crippen LogP) is 3.09. The monoisotopic (exact) mass is 316 g/mol. The summed E-state index contributed by atoms with van der Waals surface area (Å²) in [6, 6.07) is 6.92. The average Bonchev–Trinajstić information content (AvgIpc) is 2.55. The minimum atomic E-state index is -0.473. The lowest BCUT2D eigenvalue weighted by Crippen LogP contribution is -2.42. The molecule has 0 aromatic heterocycles. The molecule has 0 radical (unpaired) electrons. The summed E-state index contributed by atoms with van der Waals surface area (Å²) >= 11 is 0. The second kappa shape index (κ2) is 8.98. The van der Waals surface area contributed by atoms with Gasteiger partial charge in [-0.05, 0) is 51.2 Å². The molecule has 5 nitrogen and oxygen atoms in total. The van der Waals surface area contributed by atoms with Crippen molar-refractivity contribution in [1.82, 2.24) is 10.6 Å². The van der Waals surface area contributed by atoms with Gasteiger partial charge in [-0.1, -0.05) is 29.3 Å². The van der Waals surface area contributed by atoms with Gasteiger partial charge >= 0.3 is 6.03 Å². The van der Waals surface area contributed by atoms with Crippen LogP contribution in [0.4, 0.5) is 4.79 Å². The lowest BCUT2D eigenvalue weighted by atomic mass is 9.97. The third-order valence-corrected chi connectivity index (χ3v) is 3.76. The summed E-state index contributed by atoms with van der Waals surface area (Å²) in [6.45, 7) is 2.34. The Hall–Kier alpha value is -2.30. The van der Waals surface area contributed by atoms with Crippen molar-refractivity contribution in [2.45, 2.75) is 39.0 Å². The number of imide groups is 1. The molecule has 0 unspecified atom stereocenters. The minimum absolute atomic E-state index is 0.179. The van der Waals surface area contributed by atoms with E-state index in [-0.39, 0.29) is 6.61 Å². The van der Waals surface area contributed by atoms with Gasteiger partial charge in [0, 0.05) is 6.54 Å². The highest BCUT2D eigenvalue weighted by molar-refractivity contribution is 5.94. The number of urea groups is 1. The lowest BCUT2D eigenvalue weighted by Gasteiger charge is -2.13. The highest BCUT2D eigenvalue weighted by atomic mass is 16.5. The van der Waals surface area contributed by atoms with Gasteiger partial charge in [0.2, 0.25) is 0 Å². The number of rotatable bonds is 6. The van der Waals surface area contributed by atoms with Gasteiger partial charge in [-0.2, -0.15) is 0 Å². The largest absolute Gasteiger partial charge is 0.484 e. The third-order valence-electron chi connectivity index (χ3n) is 3.76. The smallest absolute Gasteiger partial charge is 0.321 e. The molecule has 0 saturated carbocycles. The van der Waals surface area contributed by atoms with Gasteiger partial charge < -0.3 is 10.1 Å². The number of carbonyl (C=O) groups excluding carboxylic acids is 2. The van der Waals surface area contributed by atoms with Crippen molar-refractivity contribution in [2.24, 2.45) is 0 Å². The van der Waals surface area contributed by atoms with Crippen molar-refractivity contribution in [1.29, 1.82) is 0 Å². The van der Waals surface area contributed by atoms with Crippen LogP contribution in [0.2, 0.25) is 0 Å². The summed E-state index contributed by atoms with van der Waals surface area (Å²) in [5, 5.41) is 4.97. The van der Waals surface area contributed by atoms with Crippen LogP contribution in [-0.2, 0) is 4.79 Å². The van der Waals surface area contributed by atoms with Crippen LogP contribution in [0.3, 0.4) is 0 Å². The molecule has 1 aliphatic rings. The second-order valence-corrected chi connectivity index (χ2v) is 5.76. The molecule has 124 valence electrons. The number of nitrogens with one attached hydrogen (secondary N) is 2. The average molecular weight is 316 g/mol. The normalized spacial score (nSPS) is 13.9. The van der Waals surface area contributed by atoms with Gasteiger partial charge in [-0.15, -0.1) is 0 Å². The Balaban J connectivity index is 1.61. The quantitative estimate of drug-likeness (QED) is 0.793. The number of allylic oxidation sites excluding steroid dienone is 1. The van der Waals surface area contributed by atoms with Crippen molar-refractivity contribution >= 4 is 11.9 Å². The molecule has 2 N–H and O–H groups in total. The molecule has 1 aromatic rings. The van der Waals surface area contributed by atoms with Crippen LogP contribution in [0.25, 0.3) is 0 Å². The molecule has 0 atom stereocenters. The van der Waals surface area contributed by atoms with Crippen molar-refractivity contribution in [3.63, 3.8) is 0 Å². The van der Waals surface area contributed by atoms with Crippen LogP contribution in [0.5, 0.6) is 5.75 Å². The number of aryl methyl sites for hydroxylation is 1. The first-order valence-electron chi connectivity index (χ1n) is 8.08. The fourth-order valence-electron chi connectivity index (χ4n) is 2.46. The van der Waals surface area contributed by atoms with Crippen LogP contribution in [0.15, 0.2) is 35.9 Å². The van der Waals surface area contributed by atoms with Crippen LogP contribution in [-0.4, -0.2) is 25.1 Å². The van der Waals surface area contributed by atoms with Crippen LogP contribution < -0.4 is 15.4 Å². The van der Waals surface area contributed by atoms with Gasteiger partial charge in [0.1, 0.15) is 5.75 Å². The standard InChI is InChI=1S/C18H24N2O3/c1-14-7-9-16(10-8-14)23-13-17(21)20-18(22)19-12-11-15-5-3-2-4-6-15/h5,7-10H,2-4,6,11-13H2,1H3,(H2,19,20,21,22). The molecule has 0 spiro atoms. The molecule has 23 heavy (non-hydrogen) atoms. The van der Waals surface area contributed by atoms with E-state index in [2.05, 4.69) is 16.7 Å². The van der Waals surface area contributed by atoms with E-state index in [9.17, 15) is 9.59 Å². The Morgan fingerprint density at radius 3 is 2.65 bits per heavy atom. The molecular weight excluding hydrogens is 292 g/mol. The molecular formula is C18H24N2O3. The minimum Gasteiger partial charge on any atom is -0.484 e. The van der Waals surface area contributed by atoms with Crippen molar-refractivity contribution in [3.8, 4) is 5.75 Å². The van der Waals surface area contributed by atoms with Gasteiger partial charge in [-0.25, -0.2) is 4.79 Å². The van der Waals surface area contributed by atoms with E-state index in [4.69, 9.17) is 4.74 Å². The van der Waals surface area contributed by atoms with E-state index in [0.29, 0.717) is 12.3 Å². The van der Waals surface area contributed by atoms with E-state index >= 15 is 0 Å². The molecule has 0 aliphatic heterocycles. The number of hydrogen-bond acceptors (Lipinski definition) is 3. The second-order valence-electron chi connectivity index (χ2n) is 5.76. The summed E-state index contributed by atoms with van der Waals surface area (Å²) < 4.78 is 5.32. The summed E-state index contributed by atoms with van der Waals surface area (Å²) in [7, 11) is 0. The zero-order chi connectivity index (χ0) is 16.5. The number of carbonyl (C=O) groups is 2. The first-order chi connectivity index (χ1) is 11.1. The zero-order valence-corrected chi connectivity index (χ0v) is 13.6. The first kappa shape index (κ1) is 17.1. The zero-order valence-electron chi connectivity index (χ0n) is 13.6. The maximum atomic E-state index is 11.7. The summed E-state index contributed by atoms with van der Waals surface area (Å²) in [6.07, 6.45) is 7.84. The fraction of sp³-hybridized carbons (Fsp3) is 0.444. The van der Waals surface area contributed by atoms with E-state index in [1.165, 1.54) is 18.4 Å². The fourth-order valence-corrected chi connectivity index (χ4v) is 2.46. The maximum Gasteiger partial charge on any atom is 0.321 e. The van der Waals surface area contributed by atoms with E-state index in [1.54, 1.807) is 12.1 Å². The third kappa shape index (κ3) is 6.55. The molecule has 2 rings (SSSR count). The summed E-state index contributed by atoms with van der Waals surface area (Å²) in [4.78, 5) is 23.3. The molecule has 0 fully saturated rings. The van der Waals surface area contributed by atoms with Gasteiger partial charge in [0.25, 0.3) is 5.91 Å². The molecule has 0 saturated heterocycles. The van der Waals surface area contributed by atoms with Crippen LogP contribution in [0.1, 0.15) is 37.7 Å². The molecule has 1 aromatic carbocycles. The topological polar surface area (TPSA) is 67.4 Å². The highest BCUT2D eigenvalue weighted by Gasteiger charge is 2.09. The van der Waals surface area contributed by atoms with Crippen LogP contribution in [0, 0.1) is 6.92 Å². The van der Waals surface area contributed by atoms with Crippen molar-refractivity contribution in [2.75, 3.05) is 13.2 Å². The molecule has 5 heteroatoms. The number of hydrogen-bond donors (Lipinski definition) is 2. The van der Waals surface area contributed by atoms with Gasteiger partial charge in [-0.3, -0.25) is 10.1 Å². The molecule has 0 heterocycles. The van der Waals surface area contributed by atoms with Crippen molar-refractivity contribution in [3.05, 3.63) is 41.5 Å². The van der Waals surface area contributed by atoms with E-state index in [1.807, 2.05) is 19.1 Å². The van der Waals surface area contributed by atoms with E-state index in [0.717, 1.165) is 24.8 Å². The van der Waals surface area contributed by atoms with Gasteiger partial charge in [0.05, 0.1) is 0 Å². The predicted molar refractivity (Wildman–Crippen MR) is 89.4 cm³/mol. The highest BCUT2D eigenvalue weighted by Crippen LogP contribution is 2.19. The van der Waals surface area contributed by atoms with Crippen LogP contribution >= 0.6 is 0 Å². The number of ether oxygens (including phenoxy) is 1. The van der Waals surface area contributed by atoms with Gasteiger partial charge in [0.15, 0.2) is 6.61 Å².